The monoisotopic (exact) mass is 289 g/mol. The molecule has 0 saturated carbocycles. The molecule has 1 amide bonds. The maximum absolute atomic E-state index is 11.4. The van der Waals surface area contributed by atoms with Crippen LogP contribution >= 0.6 is 11.8 Å². The number of rotatable bonds is 4. The van der Waals surface area contributed by atoms with Crippen molar-refractivity contribution in [2.24, 2.45) is 11.7 Å². The molecule has 1 unspecified atom stereocenters. The third-order valence-electron chi connectivity index (χ3n) is 3.58. The van der Waals surface area contributed by atoms with Gasteiger partial charge >= 0.3 is 0 Å². The maximum Gasteiger partial charge on any atom is 0.222 e. The van der Waals surface area contributed by atoms with Crippen molar-refractivity contribution < 1.29 is 4.79 Å². The Bertz CT molecular complexity index is 538. The zero-order valence-electron chi connectivity index (χ0n) is 11.6. The van der Waals surface area contributed by atoms with E-state index in [4.69, 9.17) is 5.73 Å². The molecule has 1 fully saturated rings. The predicted octanol–water partition coefficient (Wildman–Crippen LogP) is 2.37. The summed E-state index contributed by atoms with van der Waals surface area (Å²) in [5.74, 6) is 0.576. The SMILES string of the molecule is CCSc1cccc(N2CCCC(C(N)=O)C2)c1C#N. The Morgan fingerprint density at radius 1 is 1.60 bits per heavy atom. The molecule has 2 N–H and O–H groups in total. The molecule has 1 aliphatic rings. The van der Waals surface area contributed by atoms with Crippen LogP contribution in [0.5, 0.6) is 0 Å². The molecule has 1 heterocycles. The van der Waals surface area contributed by atoms with E-state index in [9.17, 15) is 10.1 Å². The van der Waals surface area contributed by atoms with Crippen molar-refractivity contribution in [3.63, 3.8) is 0 Å². The number of anilines is 1. The maximum atomic E-state index is 11.4. The molecule has 1 atom stereocenters. The highest BCUT2D eigenvalue weighted by molar-refractivity contribution is 7.99. The first-order valence-electron chi connectivity index (χ1n) is 6.87. The van der Waals surface area contributed by atoms with E-state index in [1.807, 2.05) is 18.2 Å². The molecule has 106 valence electrons. The molecule has 5 heteroatoms. The van der Waals surface area contributed by atoms with Gasteiger partial charge in [0.25, 0.3) is 0 Å². The fraction of sp³-hybridized carbons (Fsp3) is 0.467. The van der Waals surface area contributed by atoms with Gasteiger partial charge in [0.05, 0.1) is 17.2 Å². The Hall–Kier alpha value is -1.67. The molecular weight excluding hydrogens is 270 g/mol. The molecule has 2 rings (SSSR count). The number of carbonyl (C=O) groups is 1. The largest absolute Gasteiger partial charge is 0.370 e. The van der Waals surface area contributed by atoms with Crippen molar-refractivity contribution in [1.29, 1.82) is 5.26 Å². The Labute approximate surface area is 123 Å². The predicted molar refractivity (Wildman–Crippen MR) is 81.7 cm³/mol. The number of primary amides is 1. The minimum Gasteiger partial charge on any atom is -0.370 e. The summed E-state index contributed by atoms with van der Waals surface area (Å²) < 4.78 is 0. The van der Waals surface area contributed by atoms with Gasteiger partial charge < -0.3 is 10.6 Å². The molecule has 0 aromatic heterocycles. The van der Waals surface area contributed by atoms with Gasteiger partial charge in [0.15, 0.2) is 0 Å². The van der Waals surface area contributed by atoms with Crippen LogP contribution in [-0.4, -0.2) is 24.7 Å². The molecule has 0 spiro atoms. The molecule has 4 nitrogen and oxygen atoms in total. The first-order valence-corrected chi connectivity index (χ1v) is 7.86. The zero-order valence-corrected chi connectivity index (χ0v) is 12.4. The van der Waals surface area contributed by atoms with Gasteiger partial charge in [-0.3, -0.25) is 4.79 Å². The molecule has 1 saturated heterocycles. The number of piperidine rings is 1. The van der Waals surface area contributed by atoms with Crippen LogP contribution in [0.4, 0.5) is 5.69 Å². The molecule has 20 heavy (non-hydrogen) atoms. The van der Waals surface area contributed by atoms with E-state index < -0.39 is 0 Å². The molecule has 1 aromatic rings. The van der Waals surface area contributed by atoms with Crippen LogP contribution in [-0.2, 0) is 4.79 Å². The molecular formula is C15H19N3OS. The number of nitriles is 1. The second kappa shape index (κ2) is 6.67. The lowest BCUT2D eigenvalue weighted by Gasteiger charge is -2.33. The summed E-state index contributed by atoms with van der Waals surface area (Å²) in [5, 5.41) is 9.45. The number of hydrogen-bond donors (Lipinski definition) is 1. The number of thioether (sulfide) groups is 1. The highest BCUT2D eigenvalue weighted by Crippen LogP contribution is 2.32. The average molecular weight is 289 g/mol. The number of amides is 1. The van der Waals surface area contributed by atoms with E-state index in [1.165, 1.54) is 0 Å². The summed E-state index contributed by atoms with van der Waals surface area (Å²) in [7, 11) is 0. The smallest absolute Gasteiger partial charge is 0.222 e. The Balaban J connectivity index is 2.30. The zero-order chi connectivity index (χ0) is 14.5. The lowest BCUT2D eigenvalue weighted by molar-refractivity contribution is -0.122. The fourth-order valence-electron chi connectivity index (χ4n) is 2.60. The summed E-state index contributed by atoms with van der Waals surface area (Å²) in [6.45, 7) is 3.56. The quantitative estimate of drug-likeness (QED) is 0.864. The molecule has 1 aliphatic heterocycles. The first kappa shape index (κ1) is 14.7. The van der Waals surface area contributed by atoms with Crippen LogP contribution in [0.2, 0.25) is 0 Å². The Kier molecular flexibility index (Phi) is 4.91. The minimum atomic E-state index is -0.243. The summed E-state index contributed by atoms with van der Waals surface area (Å²) in [4.78, 5) is 14.5. The fourth-order valence-corrected chi connectivity index (χ4v) is 3.38. The third kappa shape index (κ3) is 3.07. The Morgan fingerprint density at radius 3 is 3.05 bits per heavy atom. The minimum absolute atomic E-state index is 0.113. The van der Waals surface area contributed by atoms with Gasteiger partial charge in [-0.1, -0.05) is 13.0 Å². The van der Waals surface area contributed by atoms with Crippen molar-refractivity contribution in [3.05, 3.63) is 23.8 Å². The van der Waals surface area contributed by atoms with Crippen LogP contribution in [0.25, 0.3) is 0 Å². The van der Waals surface area contributed by atoms with Gasteiger partial charge in [0.2, 0.25) is 5.91 Å². The normalized spacial score (nSPS) is 18.6. The molecule has 0 aliphatic carbocycles. The van der Waals surface area contributed by atoms with Crippen LogP contribution < -0.4 is 10.6 Å². The lowest BCUT2D eigenvalue weighted by Crippen LogP contribution is -2.41. The second-order valence-electron chi connectivity index (χ2n) is 4.88. The summed E-state index contributed by atoms with van der Waals surface area (Å²) in [6, 6.07) is 8.22. The van der Waals surface area contributed by atoms with Crippen molar-refractivity contribution in [1.82, 2.24) is 0 Å². The number of benzene rings is 1. The van der Waals surface area contributed by atoms with Crippen LogP contribution in [0.3, 0.4) is 0 Å². The van der Waals surface area contributed by atoms with Crippen LogP contribution in [0.15, 0.2) is 23.1 Å². The highest BCUT2D eigenvalue weighted by atomic mass is 32.2. The van der Waals surface area contributed by atoms with Crippen molar-refractivity contribution in [2.75, 3.05) is 23.7 Å². The summed E-state index contributed by atoms with van der Waals surface area (Å²) in [5.41, 5.74) is 7.06. The Morgan fingerprint density at radius 2 is 2.40 bits per heavy atom. The van der Waals surface area contributed by atoms with E-state index >= 15 is 0 Å². The van der Waals surface area contributed by atoms with Crippen molar-refractivity contribution in [3.8, 4) is 6.07 Å². The average Bonchev–Trinajstić information content (AvgIpc) is 2.47. The van der Waals surface area contributed by atoms with E-state index in [-0.39, 0.29) is 11.8 Å². The molecule has 0 radical (unpaired) electrons. The highest BCUT2D eigenvalue weighted by Gasteiger charge is 2.25. The molecule has 1 aromatic carbocycles. The number of carbonyl (C=O) groups excluding carboxylic acids is 1. The van der Waals surface area contributed by atoms with E-state index in [2.05, 4.69) is 17.9 Å². The molecule has 0 bridgehead atoms. The topological polar surface area (TPSA) is 70.1 Å². The van der Waals surface area contributed by atoms with E-state index in [1.54, 1.807) is 11.8 Å². The van der Waals surface area contributed by atoms with Gasteiger partial charge in [0, 0.05) is 18.0 Å². The standard InChI is InChI=1S/C15H19N3OS/c1-2-20-14-7-3-6-13(12(14)9-16)18-8-4-5-11(10-18)15(17)19/h3,6-7,11H,2,4-5,8,10H2,1H3,(H2,17,19). The number of nitrogens with two attached hydrogens (primary N) is 1. The van der Waals surface area contributed by atoms with Gasteiger partial charge in [-0.2, -0.15) is 5.26 Å². The van der Waals surface area contributed by atoms with Gasteiger partial charge in [-0.15, -0.1) is 11.8 Å². The number of nitrogens with zero attached hydrogens (tertiary/aromatic N) is 2. The van der Waals surface area contributed by atoms with E-state index in [0.717, 1.165) is 35.7 Å². The van der Waals surface area contributed by atoms with Crippen molar-refractivity contribution in [2.45, 2.75) is 24.7 Å². The second-order valence-corrected chi connectivity index (χ2v) is 6.19. The lowest BCUT2D eigenvalue weighted by atomic mass is 9.96. The van der Waals surface area contributed by atoms with Crippen LogP contribution in [0, 0.1) is 17.2 Å². The van der Waals surface area contributed by atoms with Crippen LogP contribution in [0.1, 0.15) is 25.3 Å². The van der Waals surface area contributed by atoms with Gasteiger partial charge in [0.1, 0.15) is 6.07 Å². The third-order valence-corrected chi connectivity index (χ3v) is 4.52. The summed E-state index contributed by atoms with van der Waals surface area (Å²) in [6.07, 6.45) is 1.78. The first-order chi connectivity index (χ1) is 9.67. The van der Waals surface area contributed by atoms with E-state index in [0.29, 0.717) is 12.1 Å². The summed E-state index contributed by atoms with van der Waals surface area (Å²) >= 11 is 1.67. The van der Waals surface area contributed by atoms with Crippen molar-refractivity contribution >= 4 is 23.4 Å². The van der Waals surface area contributed by atoms with Gasteiger partial charge in [-0.05, 0) is 30.7 Å². The number of hydrogen-bond acceptors (Lipinski definition) is 4. The van der Waals surface area contributed by atoms with Gasteiger partial charge in [-0.25, -0.2) is 0 Å².